The molecule has 0 aliphatic carbocycles. The van der Waals surface area contributed by atoms with Crippen molar-refractivity contribution < 1.29 is 27.8 Å². The first kappa shape index (κ1) is 16.3. The Labute approximate surface area is 147 Å². The van der Waals surface area contributed by atoms with Gasteiger partial charge in [0, 0.05) is 24.7 Å². The van der Waals surface area contributed by atoms with E-state index in [9.17, 15) is 18.4 Å². The van der Waals surface area contributed by atoms with Crippen LogP contribution in [0.15, 0.2) is 36.4 Å². The van der Waals surface area contributed by atoms with Crippen molar-refractivity contribution in [2.24, 2.45) is 5.92 Å². The first-order valence-electron chi connectivity index (χ1n) is 7.98. The lowest BCUT2D eigenvalue weighted by molar-refractivity contribution is -0.122. The van der Waals surface area contributed by atoms with Gasteiger partial charge in [-0.05, 0) is 24.3 Å². The number of benzene rings is 2. The molecule has 2 amide bonds. The lowest BCUT2D eigenvalue weighted by atomic mass is 10.1. The predicted octanol–water partition coefficient (Wildman–Crippen LogP) is 2.69. The molecule has 0 radical (unpaired) electrons. The van der Waals surface area contributed by atoms with Gasteiger partial charge in [0.1, 0.15) is 17.3 Å². The lowest BCUT2D eigenvalue weighted by Crippen LogP contribution is -2.28. The zero-order chi connectivity index (χ0) is 18.3. The fourth-order valence-electron chi connectivity index (χ4n) is 3.03. The number of ether oxygens (including phenoxy) is 2. The van der Waals surface area contributed by atoms with Gasteiger partial charge in [-0.3, -0.25) is 9.59 Å². The number of halogens is 2. The van der Waals surface area contributed by atoms with Crippen molar-refractivity contribution in [3.63, 3.8) is 0 Å². The number of fused-ring (bicyclic) bond motifs is 1. The lowest BCUT2D eigenvalue weighted by Gasteiger charge is -2.17. The Kier molecular flexibility index (Phi) is 3.95. The molecule has 1 N–H and O–H groups in total. The van der Waals surface area contributed by atoms with Crippen molar-refractivity contribution in [1.29, 1.82) is 0 Å². The summed E-state index contributed by atoms with van der Waals surface area (Å²) in [4.78, 5) is 26.1. The number of carbonyl (C=O) groups is 2. The zero-order valence-corrected chi connectivity index (χ0v) is 13.5. The summed E-state index contributed by atoms with van der Waals surface area (Å²) in [5.74, 6) is -2.19. The van der Waals surface area contributed by atoms with Crippen LogP contribution in [0.3, 0.4) is 0 Å². The fourth-order valence-corrected chi connectivity index (χ4v) is 3.03. The molecule has 2 aromatic rings. The summed E-state index contributed by atoms with van der Waals surface area (Å²) >= 11 is 0. The van der Waals surface area contributed by atoms with Gasteiger partial charge in [0.05, 0.1) is 5.92 Å². The third kappa shape index (κ3) is 2.83. The number of hydrogen-bond acceptors (Lipinski definition) is 4. The maximum atomic E-state index is 13.7. The average Bonchev–Trinajstić information content (AvgIpc) is 3.23. The van der Waals surface area contributed by atoms with E-state index in [1.165, 1.54) is 11.0 Å². The minimum atomic E-state index is -0.865. The summed E-state index contributed by atoms with van der Waals surface area (Å²) in [6, 6.07) is 8.36. The van der Waals surface area contributed by atoms with E-state index in [4.69, 9.17) is 9.47 Å². The number of nitrogens with zero attached hydrogens (tertiary/aromatic N) is 1. The standard InChI is InChI=1S/C18H14F2N2O4/c19-12-2-1-3-13(20)17(12)21-18(24)10-6-16(23)22(8-10)11-4-5-14-15(7-11)26-9-25-14/h1-5,7,10H,6,8-9H2,(H,21,24)/t10-/m0/s1. The van der Waals surface area contributed by atoms with E-state index in [2.05, 4.69) is 5.32 Å². The normalized spacial score (nSPS) is 18.3. The number of anilines is 2. The van der Waals surface area contributed by atoms with E-state index in [1.807, 2.05) is 0 Å². The number of carbonyl (C=O) groups excluding carboxylic acids is 2. The van der Waals surface area contributed by atoms with Crippen LogP contribution in [0.25, 0.3) is 0 Å². The summed E-state index contributed by atoms with van der Waals surface area (Å²) in [6.45, 7) is 0.229. The quantitative estimate of drug-likeness (QED) is 0.914. The highest BCUT2D eigenvalue weighted by atomic mass is 19.1. The monoisotopic (exact) mass is 360 g/mol. The van der Waals surface area contributed by atoms with E-state index in [0.29, 0.717) is 17.2 Å². The van der Waals surface area contributed by atoms with Crippen LogP contribution in [-0.2, 0) is 9.59 Å². The van der Waals surface area contributed by atoms with E-state index in [-0.39, 0.29) is 25.7 Å². The summed E-state index contributed by atoms with van der Waals surface area (Å²) < 4.78 is 37.9. The van der Waals surface area contributed by atoms with Gasteiger partial charge in [-0.2, -0.15) is 0 Å². The molecule has 1 saturated heterocycles. The highest BCUT2D eigenvalue weighted by Crippen LogP contribution is 2.37. The van der Waals surface area contributed by atoms with Crippen LogP contribution >= 0.6 is 0 Å². The van der Waals surface area contributed by atoms with Gasteiger partial charge in [-0.25, -0.2) is 8.78 Å². The van der Waals surface area contributed by atoms with Crippen molar-refractivity contribution in [2.45, 2.75) is 6.42 Å². The van der Waals surface area contributed by atoms with E-state index < -0.39 is 29.1 Å². The fraction of sp³-hybridized carbons (Fsp3) is 0.222. The minimum absolute atomic E-state index is 0.0453. The Bertz CT molecular complexity index is 883. The maximum Gasteiger partial charge on any atom is 0.231 e. The smallest absolute Gasteiger partial charge is 0.231 e. The van der Waals surface area contributed by atoms with Crippen LogP contribution in [0.2, 0.25) is 0 Å². The van der Waals surface area contributed by atoms with Crippen molar-refractivity contribution in [3.8, 4) is 11.5 Å². The molecule has 1 fully saturated rings. The molecule has 2 aromatic carbocycles. The molecule has 26 heavy (non-hydrogen) atoms. The first-order valence-corrected chi connectivity index (χ1v) is 7.98. The summed E-state index contributed by atoms with van der Waals surface area (Å²) in [5.41, 5.74) is 0.0677. The second-order valence-corrected chi connectivity index (χ2v) is 6.03. The topological polar surface area (TPSA) is 67.9 Å². The molecule has 2 heterocycles. The number of amides is 2. The first-order chi connectivity index (χ1) is 12.5. The number of hydrogen-bond donors (Lipinski definition) is 1. The Morgan fingerprint density at radius 3 is 2.62 bits per heavy atom. The minimum Gasteiger partial charge on any atom is -0.454 e. The van der Waals surface area contributed by atoms with E-state index in [0.717, 1.165) is 12.1 Å². The molecule has 0 unspecified atom stereocenters. The molecular formula is C18H14F2N2O4. The van der Waals surface area contributed by atoms with Crippen LogP contribution in [0.1, 0.15) is 6.42 Å². The molecule has 0 bridgehead atoms. The molecular weight excluding hydrogens is 346 g/mol. The van der Waals surface area contributed by atoms with Crippen molar-refractivity contribution in [2.75, 3.05) is 23.6 Å². The van der Waals surface area contributed by atoms with Crippen LogP contribution in [-0.4, -0.2) is 25.2 Å². The Morgan fingerprint density at radius 1 is 1.12 bits per heavy atom. The van der Waals surface area contributed by atoms with Gasteiger partial charge in [-0.1, -0.05) is 6.07 Å². The Hall–Kier alpha value is -3.16. The average molecular weight is 360 g/mol. The van der Waals surface area contributed by atoms with Crippen molar-refractivity contribution >= 4 is 23.2 Å². The molecule has 1 atom stereocenters. The third-order valence-electron chi connectivity index (χ3n) is 4.37. The summed E-state index contributed by atoms with van der Waals surface area (Å²) in [7, 11) is 0. The van der Waals surface area contributed by atoms with Crippen LogP contribution in [0.5, 0.6) is 11.5 Å². The zero-order valence-electron chi connectivity index (χ0n) is 13.5. The molecule has 0 aromatic heterocycles. The van der Waals surface area contributed by atoms with E-state index >= 15 is 0 Å². The summed E-state index contributed by atoms with van der Waals surface area (Å²) in [6.07, 6.45) is -0.0453. The Morgan fingerprint density at radius 2 is 1.85 bits per heavy atom. The molecule has 0 spiro atoms. The maximum absolute atomic E-state index is 13.7. The second-order valence-electron chi connectivity index (χ2n) is 6.03. The Balaban J connectivity index is 1.50. The summed E-state index contributed by atoms with van der Waals surface area (Å²) in [5, 5.41) is 2.24. The SMILES string of the molecule is O=C(Nc1c(F)cccc1F)[C@H]1CC(=O)N(c2ccc3c(c2)OCO3)C1. The van der Waals surface area contributed by atoms with Crippen LogP contribution in [0, 0.1) is 17.6 Å². The number of rotatable bonds is 3. The van der Waals surface area contributed by atoms with Gasteiger partial charge < -0.3 is 19.7 Å². The highest BCUT2D eigenvalue weighted by molar-refractivity contribution is 6.03. The van der Waals surface area contributed by atoms with Crippen molar-refractivity contribution in [1.82, 2.24) is 0 Å². The molecule has 2 aliphatic heterocycles. The van der Waals surface area contributed by atoms with Crippen LogP contribution < -0.4 is 19.7 Å². The second kappa shape index (κ2) is 6.29. The van der Waals surface area contributed by atoms with Gasteiger partial charge in [-0.15, -0.1) is 0 Å². The molecule has 0 saturated carbocycles. The van der Waals surface area contributed by atoms with Gasteiger partial charge in [0.25, 0.3) is 0 Å². The molecule has 4 rings (SSSR count). The molecule has 8 heteroatoms. The van der Waals surface area contributed by atoms with Crippen LogP contribution in [0.4, 0.5) is 20.2 Å². The van der Waals surface area contributed by atoms with E-state index in [1.54, 1.807) is 18.2 Å². The predicted molar refractivity (Wildman–Crippen MR) is 88.0 cm³/mol. The van der Waals surface area contributed by atoms with Gasteiger partial charge in [0.15, 0.2) is 11.5 Å². The van der Waals surface area contributed by atoms with Gasteiger partial charge in [0.2, 0.25) is 18.6 Å². The molecule has 2 aliphatic rings. The van der Waals surface area contributed by atoms with Crippen molar-refractivity contribution in [3.05, 3.63) is 48.0 Å². The molecule has 134 valence electrons. The number of para-hydroxylation sites is 1. The third-order valence-corrected chi connectivity index (χ3v) is 4.37. The largest absolute Gasteiger partial charge is 0.454 e. The highest BCUT2D eigenvalue weighted by Gasteiger charge is 2.36. The molecule has 6 nitrogen and oxygen atoms in total. The van der Waals surface area contributed by atoms with Gasteiger partial charge >= 0.3 is 0 Å². The number of nitrogens with one attached hydrogen (secondary N) is 1.